The van der Waals surface area contributed by atoms with Crippen molar-refractivity contribution >= 4 is 45.9 Å². The van der Waals surface area contributed by atoms with Gasteiger partial charge in [-0.15, -0.1) is 11.3 Å². The number of aromatic nitrogens is 2. The van der Waals surface area contributed by atoms with Gasteiger partial charge in [0.1, 0.15) is 11.3 Å². The molecule has 1 atom stereocenters. The third-order valence-corrected chi connectivity index (χ3v) is 6.95. The summed E-state index contributed by atoms with van der Waals surface area (Å²) >= 11 is 1.33. The lowest BCUT2D eigenvalue weighted by atomic mass is 10.0. The van der Waals surface area contributed by atoms with Crippen molar-refractivity contribution in [3.05, 3.63) is 65.4 Å². The molecule has 0 radical (unpaired) electrons. The summed E-state index contributed by atoms with van der Waals surface area (Å²) in [5, 5.41) is 13.5. The molecule has 0 aliphatic carbocycles. The Morgan fingerprint density at radius 3 is 2.40 bits per heavy atom. The Bertz CT molecular complexity index is 1320. The minimum atomic E-state index is -0.662. The van der Waals surface area contributed by atoms with Gasteiger partial charge in [0.25, 0.3) is 5.91 Å². The Labute approximate surface area is 249 Å². The van der Waals surface area contributed by atoms with Gasteiger partial charge in [-0.05, 0) is 63.9 Å². The molecule has 0 spiro atoms. The van der Waals surface area contributed by atoms with Crippen LogP contribution in [0.25, 0.3) is 0 Å². The maximum absolute atomic E-state index is 13.0. The van der Waals surface area contributed by atoms with Gasteiger partial charge in [0.2, 0.25) is 0 Å². The standard InChI is InChI=1S/C29H37N7O5S/c1-29(2,3)41-28(39)34-23-8-5-4-7-22(23)32-25(37)24-11-10-20(19-31-24)21(9-6-13-36-14-16-40-17-15-36)33-26(38)35-27-30-12-18-42-27/h4-5,7-8,10-12,18-19,21H,6,9,13-17H2,1-3H3,(H,32,37)(H,34,39)(H2,30,33,35,38). The number of para-hydroxylation sites is 2. The van der Waals surface area contributed by atoms with E-state index in [-0.39, 0.29) is 17.8 Å². The molecule has 12 nitrogen and oxygen atoms in total. The van der Waals surface area contributed by atoms with E-state index < -0.39 is 17.6 Å². The second-order valence-corrected chi connectivity index (χ2v) is 11.6. The summed E-state index contributed by atoms with van der Waals surface area (Å²) in [5.74, 6) is -0.446. The number of hydrogen-bond acceptors (Lipinski definition) is 9. The number of carbonyl (C=O) groups excluding carboxylic acids is 3. The number of anilines is 3. The Morgan fingerprint density at radius 2 is 1.76 bits per heavy atom. The van der Waals surface area contributed by atoms with Crippen molar-refractivity contribution in [2.75, 3.05) is 48.8 Å². The van der Waals surface area contributed by atoms with Crippen molar-refractivity contribution in [2.24, 2.45) is 0 Å². The molecule has 1 saturated heterocycles. The van der Waals surface area contributed by atoms with Gasteiger partial charge < -0.3 is 20.1 Å². The van der Waals surface area contributed by atoms with Crippen LogP contribution in [0.3, 0.4) is 0 Å². The summed E-state index contributed by atoms with van der Waals surface area (Å²) in [4.78, 5) is 48.9. The second-order valence-electron chi connectivity index (χ2n) is 10.7. The van der Waals surface area contributed by atoms with Crippen LogP contribution in [0, 0.1) is 0 Å². The summed E-state index contributed by atoms with van der Waals surface area (Å²) in [6, 6.07) is 9.54. The first-order chi connectivity index (χ1) is 20.2. The smallest absolute Gasteiger partial charge is 0.412 e. The van der Waals surface area contributed by atoms with E-state index in [0.29, 0.717) is 22.9 Å². The molecule has 1 aliphatic heterocycles. The number of rotatable bonds is 10. The van der Waals surface area contributed by atoms with Crippen molar-refractivity contribution in [1.29, 1.82) is 0 Å². The van der Waals surface area contributed by atoms with Crippen LogP contribution in [0.1, 0.15) is 55.7 Å². The number of morpholine rings is 1. The fourth-order valence-corrected chi connectivity index (χ4v) is 4.81. The van der Waals surface area contributed by atoms with Crippen molar-refractivity contribution in [3.8, 4) is 0 Å². The number of hydrogen-bond donors (Lipinski definition) is 4. The third kappa shape index (κ3) is 9.79. The van der Waals surface area contributed by atoms with Gasteiger partial charge in [-0.3, -0.25) is 25.3 Å². The topological polar surface area (TPSA) is 147 Å². The van der Waals surface area contributed by atoms with Crippen LogP contribution in [0.2, 0.25) is 0 Å². The molecular formula is C29H37N7O5S. The van der Waals surface area contributed by atoms with Crippen LogP contribution in [0.5, 0.6) is 0 Å². The monoisotopic (exact) mass is 595 g/mol. The maximum atomic E-state index is 13.0. The molecule has 224 valence electrons. The van der Waals surface area contributed by atoms with Gasteiger partial charge in [0, 0.05) is 30.9 Å². The lowest BCUT2D eigenvalue weighted by Crippen LogP contribution is -2.37. The number of nitrogens with one attached hydrogen (secondary N) is 4. The minimum absolute atomic E-state index is 0.185. The van der Waals surface area contributed by atoms with Gasteiger partial charge >= 0.3 is 12.1 Å². The van der Waals surface area contributed by atoms with Gasteiger partial charge in [-0.25, -0.2) is 14.6 Å². The Hall–Kier alpha value is -4.07. The van der Waals surface area contributed by atoms with Gasteiger partial charge in [0.05, 0.1) is 30.6 Å². The number of thiazole rings is 1. The minimum Gasteiger partial charge on any atom is -0.444 e. The highest BCUT2D eigenvalue weighted by atomic mass is 32.1. The van der Waals surface area contributed by atoms with Crippen LogP contribution < -0.4 is 21.3 Å². The Kier molecular flexibility index (Phi) is 10.8. The van der Waals surface area contributed by atoms with Gasteiger partial charge in [0.15, 0.2) is 5.13 Å². The molecule has 4 amide bonds. The first-order valence-electron chi connectivity index (χ1n) is 13.8. The van der Waals surface area contributed by atoms with Gasteiger partial charge in [-0.2, -0.15) is 0 Å². The molecule has 1 aromatic carbocycles. The molecule has 1 aliphatic rings. The number of benzene rings is 1. The average molecular weight is 596 g/mol. The average Bonchev–Trinajstić information content (AvgIpc) is 3.46. The molecule has 1 unspecified atom stereocenters. The van der Waals surface area contributed by atoms with E-state index in [1.807, 2.05) is 0 Å². The second kappa shape index (κ2) is 14.7. The molecule has 3 aromatic rings. The van der Waals surface area contributed by atoms with E-state index in [1.54, 1.807) is 74.9 Å². The number of carbonyl (C=O) groups is 3. The SMILES string of the molecule is CC(C)(C)OC(=O)Nc1ccccc1NC(=O)c1ccc(C(CCCN2CCOCC2)NC(=O)Nc2nccs2)cn1. The molecule has 4 rings (SSSR count). The Morgan fingerprint density at radius 1 is 1.02 bits per heavy atom. The molecule has 3 heterocycles. The quantitative estimate of drug-likeness (QED) is 0.253. The fraction of sp³-hybridized carbons (Fsp3) is 0.414. The van der Waals surface area contributed by atoms with Crippen molar-refractivity contribution in [1.82, 2.24) is 20.2 Å². The lowest BCUT2D eigenvalue weighted by Gasteiger charge is -2.27. The molecule has 42 heavy (non-hydrogen) atoms. The fourth-order valence-electron chi connectivity index (χ4n) is 4.29. The highest BCUT2D eigenvalue weighted by Gasteiger charge is 2.20. The predicted octanol–water partition coefficient (Wildman–Crippen LogP) is 5.11. The van der Waals surface area contributed by atoms with Crippen LogP contribution in [-0.2, 0) is 9.47 Å². The summed E-state index contributed by atoms with van der Waals surface area (Å²) in [7, 11) is 0. The number of ether oxygens (including phenoxy) is 2. The van der Waals surface area contributed by atoms with Gasteiger partial charge in [-0.1, -0.05) is 18.2 Å². The lowest BCUT2D eigenvalue weighted by molar-refractivity contribution is 0.0369. The molecule has 13 heteroatoms. The summed E-state index contributed by atoms with van der Waals surface area (Å²) in [6.07, 6.45) is 4.13. The van der Waals surface area contributed by atoms with E-state index in [9.17, 15) is 14.4 Å². The largest absolute Gasteiger partial charge is 0.444 e. The van der Waals surface area contributed by atoms with Crippen LogP contribution in [0.4, 0.5) is 26.1 Å². The summed E-state index contributed by atoms with van der Waals surface area (Å²) in [5.41, 5.74) is 1.10. The zero-order chi connectivity index (χ0) is 30.0. The zero-order valence-corrected chi connectivity index (χ0v) is 24.8. The molecule has 1 fully saturated rings. The van der Waals surface area contributed by atoms with Crippen molar-refractivity contribution in [2.45, 2.75) is 45.3 Å². The first kappa shape index (κ1) is 30.9. The number of pyridine rings is 1. The van der Waals surface area contributed by atoms with Crippen LogP contribution in [0.15, 0.2) is 54.2 Å². The molecule has 4 N–H and O–H groups in total. The van der Waals surface area contributed by atoms with E-state index in [1.165, 1.54) is 11.3 Å². The van der Waals surface area contributed by atoms with Crippen molar-refractivity contribution in [3.63, 3.8) is 0 Å². The molecule has 2 aromatic heterocycles. The Balaban J connectivity index is 1.41. The summed E-state index contributed by atoms with van der Waals surface area (Å²) < 4.78 is 10.8. The van der Waals surface area contributed by atoms with E-state index in [2.05, 4.69) is 36.1 Å². The highest BCUT2D eigenvalue weighted by Crippen LogP contribution is 2.24. The van der Waals surface area contributed by atoms with E-state index in [4.69, 9.17) is 9.47 Å². The molecular weight excluding hydrogens is 558 g/mol. The van der Waals surface area contributed by atoms with E-state index in [0.717, 1.165) is 44.8 Å². The normalized spacial score (nSPS) is 14.5. The maximum Gasteiger partial charge on any atom is 0.412 e. The van der Waals surface area contributed by atoms with E-state index >= 15 is 0 Å². The highest BCUT2D eigenvalue weighted by molar-refractivity contribution is 7.13. The van der Waals surface area contributed by atoms with Crippen LogP contribution >= 0.6 is 11.3 Å². The first-order valence-corrected chi connectivity index (χ1v) is 14.7. The zero-order valence-electron chi connectivity index (χ0n) is 24.0. The van der Waals surface area contributed by atoms with Crippen molar-refractivity contribution < 1.29 is 23.9 Å². The van der Waals surface area contributed by atoms with Crippen LogP contribution in [-0.4, -0.2) is 71.3 Å². The number of amides is 4. The summed E-state index contributed by atoms with van der Waals surface area (Å²) in [6.45, 7) is 9.45. The molecule has 0 saturated carbocycles. The predicted molar refractivity (Wildman–Crippen MR) is 162 cm³/mol. The third-order valence-electron chi connectivity index (χ3n) is 6.26. The molecule has 0 bridgehead atoms. The number of urea groups is 1. The number of nitrogens with zero attached hydrogens (tertiary/aromatic N) is 3.